The number of piperazine rings is 1. The standard InChI is InChI=1S/C29H32F3N7O4S/c30-29(31,32)43-21-1-3-22(4-2-21)44(41,42)39-6-5-38(25-14-34-23-13-33-17-36-26(23)37-25)15-24(39)27(40)35-16-28-10-18-7-19(11-28)9-20(8-18)12-28/h1-4,13-14,17-20,24H,5-12,15-16H2,(H,35,40)/t18?,19?,20?,24-,28?/m1/s1. The average molecular weight is 632 g/mol. The van der Waals surface area contributed by atoms with E-state index in [0.717, 1.165) is 47.8 Å². The van der Waals surface area contributed by atoms with Crippen LogP contribution in [0.2, 0.25) is 0 Å². The molecular formula is C29H32F3N7O4S. The molecule has 234 valence electrons. The number of carbonyl (C=O) groups excluding carboxylic acids is 1. The van der Waals surface area contributed by atoms with Gasteiger partial charge in [0.1, 0.15) is 29.5 Å². The zero-order valence-corrected chi connectivity index (χ0v) is 24.6. The molecule has 1 saturated heterocycles. The van der Waals surface area contributed by atoms with E-state index in [2.05, 4.69) is 30.0 Å². The van der Waals surface area contributed by atoms with Crippen molar-refractivity contribution in [1.82, 2.24) is 29.6 Å². The van der Waals surface area contributed by atoms with Crippen LogP contribution in [0.4, 0.5) is 19.0 Å². The molecule has 15 heteroatoms. The van der Waals surface area contributed by atoms with E-state index in [-0.39, 0.29) is 29.9 Å². The van der Waals surface area contributed by atoms with Gasteiger partial charge in [0.05, 0.1) is 17.3 Å². The van der Waals surface area contributed by atoms with Gasteiger partial charge in [-0.3, -0.25) is 4.79 Å². The smallest absolute Gasteiger partial charge is 0.406 e. The van der Waals surface area contributed by atoms with Crippen molar-refractivity contribution in [3.05, 3.63) is 43.0 Å². The molecule has 5 fully saturated rings. The lowest BCUT2D eigenvalue weighted by atomic mass is 9.49. The summed E-state index contributed by atoms with van der Waals surface area (Å²) >= 11 is 0. The second-order valence-electron chi connectivity index (χ2n) is 12.7. The van der Waals surface area contributed by atoms with E-state index in [1.807, 2.05) is 0 Å². The van der Waals surface area contributed by atoms with E-state index < -0.39 is 34.1 Å². The molecule has 1 N–H and O–H groups in total. The summed E-state index contributed by atoms with van der Waals surface area (Å²) in [4.78, 5) is 32.5. The van der Waals surface area contributed by atoms with Crippen LogP contribution in [0.3, 0.4) is 0 Å². The van der Waals surface area contributed by atoms with E-state index in [1.165, 1.54) is 31.8 Å². The number of ether oxygens (including phenoxy) is 1. The van der Waals surface area contributed by atoms with Crippen molar-refractivity contribution in [3.8, 4) is 5.75 Å². The highest BCUT2D eigenvalue weighted by Gasteiger charge is 2.51. The number of hydrogen-bond acceptors (Lipinski definition) is 9. The number of hydrogen-bond donors (Lipinski definition) is 1. The molecule has 1 amide bonds. The number of halogens is 3. The monoisotopic (exact) mass is 631 g/mol. The Labute approximate surface area is 252 Å². The number of amides is 1. The minimum absolute atomic E-state index is 0.00643. The van der Waals surface area contributed by atoms with E-state index >= 15 is 0 Å². The summed E-state index contributed by atoms with van der Waals surface area (Å²) in [6.07, 6.45) is 6.57. The molecule has 5 aliphatic rings. The molecule has 0 radical (unpaired) electrons. The maximum Gasteiger partial charge on any atom is 0.573 e. The molecule has 11 nitrogen and oxygen atoms in total. The van der Waals surface area contributed by atoms with Crippen molar-refractivity contribution in [1.29, 1.82) is 0 Å². The summed E-state index contributed by atoms with van der Waals surface area (Å²) in [5, 5.41) is 3.13. The van der Waals surface area contributed by atoms with E-state index in [1.54, 1.807) is 11.1 Å². The molecule has 0 spiro atoms. The van der Waals surface area contributed by atoms with Crippen molar-refractivity contribution < 1.29 is 31.1 Å². The van der Waals surface area contributed by atoms with E-state index in [4.69, 9.17) is 0 Å². The minimum atomic E-state index is -4.91. The van der Waals surface area contributed by atoms with Crippen LogP contribution < -0.4 is 15.0 Å². The third-order valence-electron chi connectivity index (χ3n) is 9.64. The lowest BCUT2D eigenvalue weighted by Gasteiger charge is -2.57. The summed E-state index contributed by atoms with van der Waals surface area (Å²) in [6.45, 7) is 0.656. The lowest BCUT2D eigenvalue weighted by Crippen LogP contribution is -2.62. The van der Waals surface area contributed by atoms with Crippen molar-refractivity contribution in [3.63, 3.8) is 0 Å². The van der Waals surface area contributed by atoms with Gasteiger partial charge in [-0.05, 0) is 86.0 Å². The fraction of sp³-hybridized carbons (Fsp3) is 0.552. The van der Waals surface area contributed by atoms with Crippen LogP contribution in [0, 0.1) is 23.2 Å². The summed E-state index contributed by atoms with van der Waals surface area (Å²) in [5.74, 6) is 1.58. The maximum absolute atomic E-state index is 13.9. The van der Waals surface area contributed by atoms with Gasteiger partial charge >= 0.3 is 6.36 Å². The fourth-order valence-electron chi connectivity index (χ4n) is 8.23. The fourth-order valence-corrected chi connectivity index (χ4v) is 9.80. The molecule has 1 aliphatic heterocycles. The molecule has 0 unspecified atom stereocenters. The Hall–Kier alpha value is -3.59. The third kappa shape index (κ3) is 5.67. The number of aromatic nitrogens is 4. The third-order valence-corrected chi connectivity index (χ3v) is 11.6. The summed E-state index contributed by atoms with van der Waals surface area (Å²) in [6, 6.07) is 2.90. The zero-order valence-electron chi connectivity index (χ0n) is 23.8. The second kappa shape index (κ2) is 10.8. The Morgan fingerprint density at radius 2 is 1.68 bits per heavy atom. The Morgan fingerprint density at radius 3 is 2.34 bits per heavy atom. The highest BCUT2D eigenvalue weighted by molar-refractivity contribution is 7.89. The van der Waals surface area contributed by atoms with Crippen LogP contribution in [0.5, 0.6) is 5.75 Å². The minimum Gasteiger partial charge on any atom is -0.406 e. The summed E-state index contributed by atoms with van der Waals surface area (Å²) in [5.41, 5.74) is 0.914. The predicted octanol–water partition coefficient (Wildman–Crippen LogP) is 3.53. The van der Waals surface area contributed by atoms with Crippen molar-refractivity contribution in [2.24, 2.45) is 23.2 Å². The van der Waals surface area contributed by atoms with Gasteiger partial charge in [-0.25, -0.2) is 28.4 Å². The quantitative estimate of drug-likeness (QED) is 0.416. The molecular weight excluding hydrogens is 599 g/mol. The highest BCUT2D eigenvalue weighted by Crippen LogP contribution is 2.59. The van der Waals surface area contributed by atoms with Crippen LogP contribution >= 0.6 is 0 Å². The molecule has 4 saturated carbocycles. The Balaban J connectivity index is 1.14. The van der Waals surface area contributed by atoms with Gasteiger partial charge in [-0.1, -0.05) is 0 Å². The van der Waals surface area contributed by atoms with Gasteiger partial charge in [0.15, 0.2) is 5.65 Å². The molecule has 3 heterocycles. The van der Waals surface area contributed by atoms with Crippen molar-refractivity contribution in [2.75, 3.05) is 31.1 Å². The molecule has 4 aliphatic carbocycles. The second-order valence-corrected chi connectivity index (χ2v) is 14.6. The Bertz CT molecular complexity index is 1640. The normalized spacial score (nSPS) is 28.8. The van der Waals surface area contributed by atoms with Gasteiger partial charge in [0.2, 0.25) is 15.9 Å². The van der Waals surface area contributed by atoms with E-state index in [9.17, 15) is 26.4 Å². The van der Waals surface area contributed by atoms with Gasteiger partial charge in [0.25, 0.3) is 0 Å². The Morgan fingerprint density at radius 1 is 1.00 bits per heavy atom. The Kier molecular flexibility index (Phi) is 7.15. The number of nitrogens with one attached hydrogen (secondary N) is 1. The van der Waals surface area contributed by atoms with Crippen LogP contribution in [-0.4, -0.2) is 77.1 Å². The number of fused-ring (bicyclic) bond motifs is 1. The van der Waals surface area contributed by atoms with Gasteiger partial charge in [-0.15, -0.1) is 13.2 Å². The van der Waals surface area contributed by atoms with Gasteiger partial charge in [0, 0.05) is 26.2 Å². The first-order valence-electron chi connectivity index (χ1n) is 14.8. The van der Waals surface area contributed by atoms with Crippen LogP contribution in [0.15, 0.2) is 47.9 Å². The van der Waals surface area contributed by atoms with Gasteiger partial charge in [-0.2, -0.15) is 4.31 Å². The highest BCUT2D eigenvalue weighted by atomic mass is 32.2. The van der Waals surface area contributed by atoms with E-state index in [0.29, 0.717) is 41.3 Å². The molecule has 8 rings (SSSR count). The average Bonchev–Trinajstić information content (AvgIpc) is 2.98. The number of anilines is 1. The molecule has 3 aromatic rings. The summed E-state index contributed by atoms with van der Waals surface area (Å²) in [7, 11) is -4.27. The van der Waals surface area contributed by atoms with Crippen LogP contribution in [0.25, 0.3) is 11.2 Å². The number of nitrogens with zero attached hydrogens (tertiary/aromatic N) is 6. The largest absolute Gasteiger partial charge is 0.573 e. The first kappa shape index (κ1) is 29.1. The molecule has 1 atom stereocenters. The number of carbonyl (C=O) groups is 1. The number of benzene rings is 1. The number of alkyl halides is 3. The van der Waals surface area contributed by atoms with Crippen molar-refractivity contribution >= 4 is 32.9 Å². The first-order valence-corrected chi connectivity index (χ1v) is 16.2. The topological polar surface area (TPSA) is 131 Å². The summed E-state index contributed by atoms with van der Waals surface area (Å²) < 4.78 is 70.7. The van der Waals surface area contributed by atoms with Crippen LogP contribution in [-0.2, 0) is 14.8 Å². The molecule has 1 aromatic carbocycles. The molecule has 2 aromatic heterocycles. The number of rotatable bonds is 7. The molecule has 4 bridgehead atoms. The SMILES string of the molecule is O=C(NCC12CC3CC(CC(C3)C1)C2)[C@H]1CN(c2cnc3cncnc3n2)CCN1S(=O)(=O)c1ccc(OC(F)(F)F)cc1. The lowest BCUT2D eigenvalue weighted by molar-refractivity contribution is -0.274. The zero-order chi connectivity index (χ0) is 30.7. The first-order chi connectivity index (χ1) is 21.0. The van der Waals surface area contributed by atoms with Crippen molar-refractivity contribution in [2.45, 2.75) is 55.8 Å². The van der Waals surface area contributed by atoms with Crippen LogP contribution in [0.1, 0.15) is 38.5 Å². The maximum atomic E-state index is 13.9. The number of sulfonamides is 1. The predicted molar refractivity (Wildman–Crippen MR) is 152 cm³/mol. The molecule has 44 heavy (non-hydrogen) atoms. The van der Waals surface area contributed by atoms with Gasteiger partial charge < -0.3 is 15.0 Å².